The van der Waals surface area contributed by atoms with E-state index in [0.717, 1.165) is 50.6 Å². The molecule has 0 aromatic heterocycles. The van der Waals surface area contributed by atoms with Crippen LogP contribution in [0.4, 0.5) is 0 Å². The standard InChI is InChI=1S/C20H38N2O2Si2/c1-21(2)11-9-13-23-17-15-20(26(7)8)18(16-19(17)25(5)6)24-14-10-12-22(3)4/h15-16H,9-14H2,1-8H3. The molecule has 0 unspecified atom stereocenters. The van der Waals surface area contributed by atoms with E-state index in [1.807, 2.05) is 0 Å². The molecule has 0 aliphatic rings. The topological polar surface area (TPSA) is 24.9 Å². The maximum atomic E-state index is 6.20. The molecule has 0 amide bonds. The van der Waals surface area contributed by atoms with Crippen molar-refractivity contribution < 1.29 is 9.47 Å². The predicted molar refractivity (Wildman–Crippen MR) is 118 cm³/mol. The highest BCUT2D eigenvalue weighted by Gasteiger charge is 2.18. The fourth-order valence-electron chi connectivity index (χ4n) is 2.71. The summed E-state index contributed by atoms with van der Waals surface area (Å²) in [6.45, 7) is 13.0. The van der Waals surface area contributed by atoms with Gasteiger partial charge in [-0.1, -0.05) is 26.2 Å². The predicted octanol–water partition coefficient (Wildman–Crippen LogP) is 2.27. The molecule has 0 saturated heterocycles. The van der Waals surface area contributed by atoms with Crippen molar-refractivity contribution in [3.63, 3.8) is 0 Å². The molecule has 0 atom stereocenters. The van der Waals surface area contributed by atoms with Crippen molar-refractivity contribution in [1.82, 2.24) is 9.80 Å². The molecule has 1 aromatic carbocycles. The van der Waals surface area contributed by atoms with Gasteiger partial charge in [0.1, 0.15) is 11.5 Å². The summed E-state index contributed by atoms with van der Waals surface area (Å²) in [6, 6.07) is 4.55. The number of benzene rings is 1. The van der Waals surface area contributed by atoms with E-state index in [1.54, 1.807) is 0 Å². The van der Waals surface area contributed by atoms with Gasteiger partial charge in [0.15, 0.2) is 0 Å². The van der Waals surface area contributed by atoms with Gasteiger partial charge < -0.3 is 19.3 Å². The minimum Gasteiger partial charge on any atom is -0.494 e. The summed E-state index contributed by atoms with van der Waals surface area (Å²) < 4.78 is 12.4. The van der Waals surface area contributed by atoms with Crippen LogP contribution in [0.5, 0.6) is 11.5 Å². The van der Waals surface area contributed by atoms with Crippen LogP contribution in [-0.4, -0.2) is 81.9 Å². The Hall–Kier alpha value is -0.826. The van der Waals surface area contributed by atoms with E-state index >= 15 is 0 Å². The minimum atomic E-state index is -0.614. The fourth-order valence-corrected chi connectivity index (χ4v) is 4.82. The van der Waals surface area contributed by atoms with Crippen molar-refractivity contribution in [2.45, 2.75) is 39.0 Å². The monoisotopic (exact) mass is 394 g/mol. The summed E-state index contributed by atoms with van der Waals surface area (Å²) >= 11 is 0. The molecular weight excluding hydrogens is 356 g/mol. The second-order valence-electron chi connectivity index (χ2n) is 7.86. The summed E-state index contributed by atoms with van der Waals surface area (Å²) in [5.41, 5.74) is 0. The van der Waals surface area contributed by atoms with Crippen LogP contribution in [0.3, 0.4) is 0 Å². The Labute approximate surface area is 164 Å². The second kappa shape index (κ2) is 11.8. The van der Waals surface area contributed by atoms with E-state index in [9.17, 15) is 0 Å². The molecule has 4 nitrogen and oxygen atoms in total. The lowest BCUT2D eigenvalue weighted by Gasteiger charge is -2.21. The lowest BCUT2D eigenvalue weighted by atomic mass is 10.3. The molecule has 6 heteroatoms. The first-order valence-corrected chi connectivity index (χ1v) is 14.6. The lowest BCUT2D eigenvalue weighted by molar-refractivity contribution is 0.278. The third kappa shape index (κ3) is 8.25. The summed E-state index contributed by atoms with van der Waals surface area (Å²) in [4.78, 5) is 4.41. The molecule has 1 rings (SSSR count). The highest BCUT2D eigenvalue weighted by atomic mass is 28.3. The van der Waals surface area contributed by atoms with Gasteiger partial charge in [0.05, 0.1) is 30.8 Å². The molecule has 0 aliphatic heterocycles. The van der Waals surface area contributed by atoms with Crippen molar-refractivity contribution in [3.8, 4) is 11.5 Å². The molecule has 0 bridgehead atoms. The summed E-state index contributed by atoms with van der Waals surface area (Å²) in [6.07, 6.45) is 2.10. The molecule has 0 saturated carbocycles. The second-order valence-corrected chi connectivity index (χ2v) is 12.9. The summed E-state index contributed by atoms with van der Waals surface area (Å²) in [7, 11) is 7.19. The van der Waals surface area contributed by atoms with Gasteiger partial charge in [0.25, 0.3) is 0 Å². The van der Waals surface area contributed by atoms with Gasteiger partial charge in [0, 0.05) is 13.1 Å². The SMILES string of the molecule is CN(C)CCCOc1cc([Si](C)C)c(OCCCN(C)C)cc1[Si](C)C. The molecule has 26 heavy (non-hydrogen) atoms. The quantitative estimate of drug-likeness (QED) is 0.401. The van der Waals surface area contributed by atoms with E-state index in [0.29, 0.717) is 0 Å². The van der Waals surface area contributed by atoms with Crippen LogP contribution < -0.4 is 19.8 Å². The third-order valence-corrected chi connectivity index (χ3v) is 7.11. The molecule has 0 aliphatic carbocycles. The Balaban J connectivity index is 2.91. The Morgan fingerprint density at radius 3 is 1.31 bits per heavy atom. The molecule has 148 valence electrons. The van der Waals surface area contributed by atoms with Gasteiger partial charge in [-0.25, -0.2) is 0 Å². The van der Waals surface area contributed by atoms with E-state index < -0.39 is 17.6 Å². The zero-order valence-corrected chi connectivity index (χ0v) is 20.1. The van der Waals surface area contributed by atoms with Gasteiger partial charge in [0.2, 0.25) is 0 Å². The van der Waals surface area contributed by atoms with Crippen LogP contribution in [0.2, 0.25) is 26.2 Å². The average molecular weight is 395 g/mol. The lowest BCUT2D eigenvalue weighted by Crippen LogP contribution is -2.33. The molecule has 0 fully saturated rings. The summed E-state index contributed by atoms with van der Waals surface area (Å²) in [5, 5.41) is 2.71. The van der Waals surface area contributed by atoms with Crippen LogP contribution in [0, 0.1) is 0 Å². The number of nitrogens with zero attached hydrogens (tertiary/aromatic N) is 2. The van der Waals surface area contributed by atoms with Crippen molar-refractivity contribution in [2.24, 2.45) is 0 Å². The van der Waals surface area contributed by atoms with Crippen LogP contribution in [0.15, 0.2) is 12.1 Å². The van der Waals surface area contributed by atoms with Crippen molar-refractivity contribution in [3.05, 3.63) is 12.1 Å². The molecule has 2 radical (unpaired) electrons. The van der Waals surface area contributed by atoms with E-state index in [4.69, 9.17) is 9.47 Å². The van der Waals surface area contributed by atoms with Crippen molar-refractivity contribution >= 4 is 28.0 Å². The number of hydrogen-bond acceptors (Lipinski definition) is 4. The highest BCUT2D eigenvalue weighted by molar-refractivity contribution is 6.74. The molecule has 0 N–H and O–H groups in total. The van der Waals surface area contributed by atoms with Gasteiger partial charge in [-0.15, -0.1) is 0 Å². The molecule has 0 spiro atoms. The Kier molecular flexibility index (Phi) is 10.5. The van der Waals surface area contributed by atoms with Crippen LogP contribution >= 0.6 is 0 Å². The van der Waals surface area contributed by atoms with Crippen LogP contribution in [0.1, 0.15) is 12.8 Å². The molecule has 0 heterocycles. The smallest absolute Gasteiger partial charge is 0.118 e. The average Bonchev–Trinajstić information content (AvgIpc) is 2.54. The van der Waals surface area contributed by atoms with E-state index in [-0.39, 0.29) is 0 Å². The first-order valence-electron chi connectivity index (χ1n) is 9.56. The van der Waals surface area contributed by atoms with Crippen LogP contribution in [-0.2, 0) is 0 Å². The number of hydrogen-bond donors (Lipinski definition) is 0. The normalized spacial score (nSPS) is 11.8. The fraction of sp³-hybridized carbons (Fsp3) is 0.700. The van der Waals surface area contributed by atoms with Gasteiger partial charge in [-0.3, -0.25) is 0 Å². The zero-order valence-electron chi connectivity index (χ0n) is 18.1. The van der Waals surface area contributed by atoms with Gasteiger partial charge in [-0.05, 0) is 63.5 Å². The zero-order chi connectivity index (χ0) is 19.7. The van der Waals surface area contributed by atoms with Gasteiger partial charge in [-0.2, -0.15) is 0 Å². The minimum absolute atomic E-state index is 0.614. The number of rotatable bonds is 12. The van der Waals surface area contributed by atoms with Crippen molar-refractivity contribution in [2.75, 3.05) is 54.5 Å². The largest absolute Gasteiger partial charge is 0.494 e. The van der Waals surface area contributed by atoms with Crippen molar-refractivity contribution in [1.29, 1.82) is 0 Å². The van der Waals surface area contributed by atoms with E-state index in [1.165, 1.54) is 10.4 Å². The molecule has 1 aromatic rings. The van der Waals surface area contributed by atoms with Crippen LogP contribution in [0.25, 0.3) is 0 Å². The maximum absolute atomic E-state index is 6.20. The Bertz CT molecular complexity index is 487. The number of ether oxygens (including phenoxy) is 2. The molecular formula is C20H38N2O2Si2. The third-order valence-electron chi connectivity index (χ3n) is 4.17. The Morgan fingerprint density at radius 1 is 0.692 bits per heavy atom. The first kappa shape index (κ1) is 23.2. The highest BCUT2D eigenvalue weighted by Crippen LogP contribution is 2.17. The Morgan fingerprint density at radius 2 is 1.04 bits per heavy atom. The van der Waals surface area contributed by atoms with Gasteiger partial charge >= 0.3 is 0 Å². The van der Waals surface area contributed by atoms with E-state index in [2.05, 4.69) is 76.3 Å². The summed E-state index contributed by atoms with van der Waals surface area (Å²) in [5.74, 6) is 2.17. The maximum Gasteiger partial charge on any atom is 0.118 e. The first-order chi connectivity index (χ1) is 12.2.